The van der Waals surface area contributed by atoms with Crippen molar-refractivity contribution >= 4 is 11.8 Å². The molecular weight excluding hydrogens is 322 g/mol. The van der Waals surface area contributed by atoms with E-state index in [1.54, 1.807) is 0 Å². The van der Waals surface area contributed by atoms with Crippen LogP contribution in [0.5, 0.6) is 0 Å². The number of hydrogen-bond donors (Lipinski definition) is 3. The van der Waals surface area contributed by atoms with Crippen molar-refractivity contribution in [3.8, 4) is 0 Å². The topological polar surface area (TPSA) is 93.1 Å². The molecule has 2 amide bonds. The minimum absolute atomic E-state index is 0.0394. The number of hydrogen-bond acceptors (Lipinski definition) is 5. The molecule has 0 bridgehead atoms. The quantitative estimate of drug-likeness (QED) is 0.588. The number of carbonyl (C=O) groups excluding carboxylic acids is 2. The predicted octanol–water partition coefficient (Wildman–Crippen LogP) is -0.501. The van der Waals surface area contributed by atoms with E-state index in [9.17, 15) is 9.59 Å². The third-order valence-electron chi connectivity index (χ3n) is 4.54. The minimum atomic E-state index is -0.541. The van der Waals surface area contributed by atoms with E-state index in [2.05, 4.69) is 5.32 Å². The van der Waals surface area contributed by atoms with Gasteiger partial charge in [-0.25, -0.2) is 0 Å². The Labute approximate surface area is 148 Å². The highest BCUT2D eigenvalue weighted by atomic mass is 16.3. The van der Waals surface area contributed by atoms with Crippen LogP contribution >= 0.6 is 0 Å². The Morgan fingerprint density at radius 1 is 1.28 bits per heavy atom. The second-order valence-electron chi connectivity index (χ2n) is 6.24. The molecule has 1 aromatic carbocycles. The molecule has 1 saturated heterocycles. The van der Waals surface area contributed by atoms with Gasteiger partial charge in [-0.15, -0.1) is 0 Å². The van der Waals surface area contributed by atoms with Gasteiger partial charge in [-0.05, 0) is 18.1 Å². The van der Waals surface area contributed by atoms with Gasteiger partial charge in [0.25, 0.3) is 0 Å². The highest BCUT2D eigenvalue weighted by Gasteiger charge is 2.32. The van der Waals surface area contributed by atoms with Crippen LogP contribution in [0.25, 0.3) is 0 Å². The van der Waals surface area contributed by atoms with Gasteiger partial charge in [0.05, 0.1) is 25.7 Å². The predicted molar refractivity (Wildman–Crippen MR) is 93.8 cm³/mol. The van der Waals surface area contributed by atoms with Gasteiger partial charge in [0, 0.05) is 32.7 Å². The number of piperazine rings is 1. The molecule has 138 valence electrons. The summed E-state index contributed by atoms with van der Waals surface area (Å²) in [7, 11) is 0. The largest absolute Gasteiger partial charge is 0.395 e. The van der Waals surface area contributed by atoms with Gasteiger partial charge in [-0.2, -0.15) is 0 Å². The molecule has 1 fully saturated rings. The summed E-state index contributed by atoms with van der Waals surface area (Å²) in [6.45, 7) is 3.86. The van der Waals surface area contributed by atoms with Crippen molar-refractivity contribution in [3.05, 3.63) is 35.4 Å². The number of nitrogens with one attached hydrogen (secondary N) is 1. The fourth-order valence-electron chi connectivity index (χ4n) is 3.08. The molecule has 0 radical (unpaired) electrons. The Kier molecular flexibility index (Phi) is 7.36. The third kappa shape index (κ3) is 5.26. The molecule has 0 aliphatic carbocycles. The number of rotatable bonds is 8. The fourth-order valence-corrected chi connectivity index (χ4v) is 3.08. The molecule has 2 rings (SSSR count). The monoisotopic (exact) mass is 349 g/mol. The summed E-state index contributed by atoms with van der Waals surface area (Å²) >= 11 is 0. The molecule has 7 heteroatoms. The summed E-state index contributed by atoms with van der Waals surface area (Å²) in [6.07, 6.45) is 0.0394. The SMILES string of the molecule is Cc1ccccc1CN1CCNC(=O)[C@H]1CC(=O)N(CCO)CCO. The van der Waals surface area contributed by atoms with Crippen LogP contribution in [0.2, 0.25) is 0 Å². The first kappa shape index (κ1) is 19.4. The summed E-state index contributed by atoms with van der Waals surface area (Å²) in [5, 5.41) is 21.0. The molecule has 3 N–H and O–H groups in total. The number of aliphatic hydroxyl groups excluding tert-OH is 2. The normalized spacial score (nSPS) is 18.0. The Balaban J connectivity index is 2.09. The number of aryl methyl sites for hydroxylation is 1. The van der Waals surface area contributed by atoms with Crippen LogP contribution in [0.3, 0.4) is 0 Å². The van der Waals surface area contributed by atoms with Crippen LogP contribution in [0, 0.1) is 6.92 Å². The van der Waals surface area contributed by atoms with Gasteiger partial charge in [0.1, 0.15) is 0 Å². The van der Waals surface area contributed by atoms with Crippen LogP contribution in [0.15, 0.2) is 24.3 Å². The van der Waals surface area contributed by atoms with Gasteiger partial charge < -0.3 is 20.4 Å². The molecule has 25 heavy (non-hydrogen) atoms. The average molecular weight is 349 g/mol. The number of amides is 2. The van der Waals surface area contributed by atoms with E-state index in [0.29, 0.717) is 19.6 Å². The van der Waals surface area contributed by atoms with Gasteiger partial charge in [-0.1, -0.05) is 24.3 Å². The van der Waals surface area contributed by atoms with Crippen LogP contribution in [-0.2, 0) is 16.1 Å². The highest BCUT2D eigenvalue weighted by Crippen LogP contribution is 2.17. The van der Waals surface area contributed by atoms with Gasteiger partial charge in [0.15, 0.2) is 0 Å². The van der Waals surface area contributed by atoms with Gasteiger partial charge in [0.2, 0.25) is 11.8 Å². The summed E-state index contributed by atoms with van der Waals surface area (Å²) in [6, 6.07) is 7.47. The Morgan fingerprint density at radius 3 is 2.60 bits per heavy atom. The van der Waals surface area contributed by atoms with Gasteiger partial charge >= 0.3 is 0 Å². The van der Waals surface area contributed by atoms with E-state index in [1.807, 2.05) is 36.1 Å². The lowest BCUT2D eigenvalue weighted by Gasteiger charge is -2.36. The smallest absolute Gasteiger partial charge is 0.237 e. The van der Waals surface area contributed by atoms with E-state index < -0.39 is 6.04 Å². The zero-order chi connectivity index (χ0) is 18.2. The number of nitrogens with zero attached hydrogens (tertiary/aromatic N) is 2. The molecular formula is C18H27N3O4. The summed E-state index contributed by atoms with van der Waals surface area (Å²) in [5.41, 5.74) is 2.29. The van der Waals surface area contributed by atoms with E-state index in [-0.39, 0.29) is 44.5 Å². The van der Waals surface area contributed by atoms with Crippen molar-refractivity contribution in [1.29, 1.82) is 0 Å². The standard InChI is InChI=1S/C18H27N3O4/c1-14-4-2-3-5-15(14)13-21-7-6-19-18(25)16(21)12-17(24)20(8-10-22)9-11-23/h2-5,16,22-23H,6-13H2,1H3,(H,19,25)/t16-/m1/s1. The molecule has 1 aromatic rings. The lowest BCUT2D eigenvalue weighted by Crippen LogP contribution is -2.56. The van der Waals surface area contributed by atoms with Crippen molar-refractivity contribution in [2.24, 2.45) is 0 Å². The maximum Gasteiger partial charge on any atom is 0.237 e. The van der Waals surface area contributed by atoms with E-state index in [4.69, 9.17) is 10.2 Å². The Morgan fingerprint density at radius 2 is 1.96 bits per heavy atom. The zero-order valence-corrected chi connectivity index (χ0v) is 14.6. The van der Waals surface area contributed by atoms with Crippen molar-refractivity contribution in [2.75, 3.05) is 39.4 Å². The van der Waals surface area contributed by atoms with Crippen molar-refractivity contribution in [3.63, 3.8) is 0 Å². The van der Waals surface area contributed by atoms with Crippen molar-refractivity contribution in [1.82, 2.24) is 15.1 Å². The van der Waals surface area contributed by atoms with Crippen LogP contribution in [0.1, 0.15) is 17.5 Å². The fraction of sp³-hybridized carbons (Fsp3) is 0.556. The molecule has 1 aliphatic heterocycles. The van der Waals surface area contributed by atoms with Crippen LogP contribution < -0.4 is 5.32 Å². The Hall–Kier alpha value is -1.96. The highest BCUT2D eigenvalue weighted by molar-refractivity contribution is 5.88. The number of carbonyl (C=O) groups is 2. The second kappa shape index (κ2) is 9.50. The molecule has 1 heterocycles. The third-order valence-corrected chi connectivity index (χ3v) is 4.54. The second-order valence-corrected chi connectivity index (χ2v) is 6.24. The lowest BCUT2D eigenvalue weighted by molar-refractivity contribution is -0.139. The van der Waals surface area contributed by atoms with Crippen LogP contribution in [0.4, 0.5) is 0 Å². The maximum atomic E-state index is 12.5. The molecule has 0 spiro atoms. The van der Waals surface area contributed by atoms with E-state index in [0.717, 1.165) is 11.1 Å². The zero-order valence-electron chi connectivity index (χ0n) is 14.6. The first-order chi connectivity index (χ1) is 12.1. The van der Waals surface area contributed by atoms with Crippen molar-refractivity contribution < 1.29 is 19.8 Å². The summed E-state index contributed by atoms with van der Waals surface area (Å²) < 4.78 is 0. The average Bonchev–Trinajstić information content (AvgIpc) is 2.59. The lowest BCUT2D eigenvalue weighted by atomic mass is 10.0. The molecule has 1 aliphatic rings. The summed E-state index contributed by atoms with van der Waals surface area (Å²) in [4.78, 5) is 28.2. The van der Waals surface area contributed by atoms with Gasteiger partial charge in [-0.3, -0.25) is 14.5 Å². The Bertz CT molecular complexity index is 587. The van der Waals surface area contributed by atoms with Crippen molar-refractivity contribution in [2.45, 2.75) is 25.9 Å². The summed E-state index contributed by atoms with van der Waals surface area (Å²) in [5.74, 6) is -0.388. The van der Waals surface area contributed by atoms with Crippen LogP contribution in [-0.4, -0.2) is 77.3 Å². The maximum absolute atomic E-state index is 12.5. The molecule has 0 aromatic heterocycles. The molecule has 0 unspecified atom stereocenters. The molecule has 0 saturated carbocycles. The first-order valence-corrected chi connectivity index (χ1v) is 8.62. The number of benzene rings is 1. The molecule has 1 atom stereocenters. The van der Waals surface area contributed by atoms with E-state index >= 15 is 0 Å². The van der Waals surface area contributed by atoms with E-state index in [1.165, 1.54) is 4.90 Å². The molecule has 7 nitrogen and oxygen atoms in total. The first-order valence-electron chi connectivity index (χ1n) is 8.62. The minimum Gasteiger partial charge on any atom is -0.395 e. The number of aliphatic hydroxyl groups is 2.